The van der Waals surface area contributed by atoms with Gasteiger partial charge in [-0.1, -0.05) is 25.5 Å². The molecule has 1 aliphatic carbocycles. The van der Waals surface area contributed by atoms with E-state index in [1.54, 1.807) is 0 Å². The SMILES string of the molecule is CC(C)=CC1C(C(=O)NC2CCc3nc(C)cn3C2)C1(C)C. The van der Waals surface area contributed by atoms with Crippen molar-refractivity contribution in [3.05, 3.63) is 29.4 Å². The Morgan fingerprint density at radius 2 is 2.18 bits per heavy atom. The first-order chi connectivity index (χ1) is 10.3. The van der Waals surface area contributed by atoms with Crippen LogP contribution in [0, 0.1) is 24.2 Å². The highest BCUT2D eigenvalue weighted by Crippen LogP contribution is 2.59. The highest BCUT2D eigenvalue weighted by molar-refractivity contribution is 5.84. The number of hydrogen-bond donors (Lipinski definition) is 1. The first kappa shape index (κ1) is 15.3. The van der Waals surface area contributed by atoms with Crippen LogP contribution in [-0.2, 0) is 17.8 Å². The molecule has 1 N–H and O–H groups in total. The summed E-state index contributed by atoms with van der Waals surface area (Å²) in [4.78, 5) is 17.2. The number of aromatic nitrogens is 2. The minimum atomic E-state index is 0.0901. The van der Waals surface area contributed by atoms with E-state index in [2.05, 4.69) is 54.8 Å². The molecule has 2 heterocycles. The number of fused-ring (bicyclic) bond motifs is 1. The van der Waals surface area contributed by atoms with Crippen LogP contribution in [0.4, 0.5) is 0 Å². The van der Waals surface area contributed by atoms with E-state index in [1.165, 1.54) is 5.57 Å². The Kier molecular flexibility index (Phi) is 3.66. The summed E-state index contributed by atoms with van der Waals surface area (Å²) in [7, 11) is 0. The van der Waals surface area contributed by atoms with Crippen LogP contribution in [0.3, 0.4) is 0 Å². The second kappa shape index (κ2) is 5.25. The predicted molar refractivity (Wildman–Crippen MR) is 87.4 cm³/mol. The summed E-state index contributed by atoms with van der Waals surface area (Å²) in [5, 5.41) is 3.27. The molecule has 0 radical (unpaired) electrons. The largest absolute Gasteiger partial charge is 0.351 e. The maximum Gasteiger partial charge on any atom is 0.224 e. The van der Waals surface area contributed by atoms with Crippen molar-refractivity contribution in [2.75, 3.05) is 0 Å². The molecule has 1 amide bonds. The lowest BCUT2D eigenvalue weighted by atomic mass is 10.1. The first-order valence-corrected chi connectivity index (χ1v) is 8.27. The molecule has 0 saturated heterocycles. The lowest BCUT2D eigenvalue weighted by molar-refractivity contribution is -0.124. The molecule has 1 aromatic heterocycles. The highest BCUT2D eigenvalue weighted by Gasteiger charge is 2.60. The van der Waals surface area contributed by atoms with Gasteiger partial charge in [-0.25, -0.2) is 4.98 Å². The maximum absolute atomic E-state index is 12.6. The van der Waals surface area contributed by atoms with E-state index in [0.717, 1.165) is 30.9 Å². The number of carbonyl (C=O) groups excluding carboxylic acids is 1. The third kappa shape index (κ3) is 2.71. The molecule has 0 spiro atoms. The summed E-state index contributed by atoms with van der Waals surface area (Å²) in [5.74, 6) is 1.87. The van der Waals surface area contributed by atoms with Crippen LogP contribution in [-0.4, -0.2) is 21.5 Å². The van der Waals surface area contributed by atoms with Gasteiger partial charge in [0.1, 0.15) is 5.82 Å². The quantitative estimate of drug-likeness (QED) is 0.873. The van der Waals surface area contributed by atoms with Crippen molar-refractivity contribution in [2.24, 2.45) is 17.3 Å². The molecule has 4 nitrogen and oxygen atoms in total. The van der Waals surface area contributed by atoms with Gasteiger partial charge in [0.2, 0.25) is 5.91 Å². The van der Waals surface area contributed by atoms with Gasteiger partial charge in [0.15, 0.2) is 0 Å². The second-order valence-corrected chi connectivity index (χ2v) is 7.76. The second-order valence-electron chi connectivity index (χ2n) is 7.76. The average molecular weight is 301 g/mol. The number of aryl methyl sites for hydroxylation is 2. The number of nitrogens with zero attached hydrogens (tertiary/aromatic N) is 2. The smallest absolute Gasteiger partial charge is 0.224 e. The molecule has 3 unspecified atom stereocenters. The van der Waals surface area contributed by atoms with Crippen LogP contribution in [0.2, 0.25) is 0 Å². The van der Waals surface area contributed by atoms with Crippen molar-refractivity contribution in [3.8, 4) is 0 Å². The summed E-state index contributed by atoms with van der Waals surface area (Å²) >= 11 is 0. The summed E-state index contributed by atoms with van der Waals surface area (Å²) in [6, 6.07) is 0.234. The van der Waals surface area contributed by atoms with E-state index in [9.17, 15) is 4.79 Å². The summed E-state index contributed by atoms with van der Waals surface area (Å²) in [5.41, 5.74) is 2.45. The van der Waals surface area contributed by atoms with Crippen molar-refractivity contribution in [3.63, 3.8) is 0 Å². The molecule has 1 fully saturated rings. The van der Waals surface area contributed by atoms with Crippen molar-refractivity contribution in [2.45, 2.75) is 60.0 Å². The highest BCUT2D eigenvalue weighted by atomic mass is 16.2. The van der Waals surface area contributed by atoms with Crippen molar-refractivity contribution >= 4 is 5.91 Å². The molecule has 1 aliphatic heterocycles. The van der Waals surface area contributed by atoms with Gasteiger partial charge in [0.05, 0.1) is 11.6 Å². The Morgan fingerprint density at radius 1 is 1.45 bits per heavy atom. The maximum atomic E-state index is 12.6. The van der Waals surface area contributed by atoms with Crippen LogP contribution in [0.25, 0.3) is 0 Å². The normalized spacial score (nSPS) is 28.7. The number of allylic oxidation sites excluding steroid dienone is 2. The number of carbonyl (C=O) groups is 1. The molecule has 2 aliphatic rings. The summed E-state index contributed by atoms with van der Waals surface area (Å²) < 4.78 is 2.19. The Labute approximate surface area is 133 Å². The number of nitrogens with one attached hydrogen (secondary N) is 1. The first-order valence-electron chi connectivity index (χ1n) is 8.27. The van der Waals surface area contributed by atoms with E-state index < -0.39 is 0 Å². The average Bonchev–Trinajstić information content (AvgIpc) is 2.75. The number of hydrogen-bond acceptors (Lipinski definition) is 2. The zero-order chi connectivity index (χ0) is 16.1. The fraction of sp³-hybridized carbons (Fsp3) is 0.667. The van der Waals surface area contributed by atoms with E-state index in [0.29, 0.717) is 5.92 Å². The summed E-state index contributed by atoms with van der Waals surface area (Å²) in [6.45, 7) is 11.5. The van der Waals surface area contributed by atoms with Crippen LogP contribution in [0.15, 0.2) is 17.8 Å². The zero-order valence-electron chi connectivity index (χ0n) is 14.3. The minimum Gasteiger partial charge on any atom is -0.351 e. The van der Waals surface area contributed by atoms with Gasteiger partial charge in [-0.05, 0) is 38.5 Å². The van der Waals surface area contributed by atoms with E-state index >= 15 is 0 Å². The molecule has 0 aromatic carbocycles. The Hall–Kier alpha value is -1.58. The molecular formula is C18H27N3O. The molecule has 4 heteroatoms. The van der Waals surface area contributed by atoms with Gasteiger partial charge in [-0.3, -0.25) is 4.79 Å². The van der Waals surface area contributed by atoms with E-state index in [1.807, 2.05) is 6.92 Å². The fourth-order valence-electron chi connectivity index (χ4n) is 3.84. The van der Waals surface area contributed by atoms with Crippen LogP contribution >= 0.6 is 0 Å². The molecule has 0 bridgehead atoms. The van der Waals surface area contributed by atoms with Gasteiger partial charge in [-0.2, -0.15) is 0 Å². The standard InChI is InChI=1S/C18H27N3O/c1-11(2)8-14-16(18(14,4)5)17(22)20-13-6-7-15-19-12(3)9-21(15)10-13/h8-9,13-14,16H,6-7,10H2,1-5H3,(H,20,22). The molecule has 1 saturated carbocycles. The molecule has 3 rings (SSSR count). The van der Waals surface area contributed by atoms with Crippen molar-refractivity contribution < 1.29 is 4.79 Å². The Bertz CT molecular complexity index is 622. The van der Waals surface area contributed by atoms with Crippen LogP contribution in [0.5, 0.6) is 0 Å². The topological polar surface area (TPSA) is 46.9 Å². The number of imidazole rings is 1. The minimum absolute atomic E-state index is 0.0901. The zero-order valence-corrected chi connectivity index (χ0v) is 14.3. The molecule has 120 valence electrons. The van der Waals surface area contributed by atoms with Crippen LogP contribution in [0.1, 0.15) is 45.6 Å². The van der Waals surface area contributed by atoms with Crippen LogP contribution < -0.4 is 5.32 Å². The molecular weight excluding hydrogens is 274 g/mol. The van der Waals surface area contributed by atoms with E-state index in [4.69, 9.17) is 0 Å². The van der Waals surface area contributed by atoms with Crippen molar-refractivity contribution in [1.29, 1.82) is 0 Å². The lowest BCUT2D eigenvalue weighted by Gasteiger charge is -2.25. The summed E-state index contributed by atoms with van der Waals surface area (Å²) in [6.07, 6.45) is 6.27. The van der Waals surface area contributed by atoms with E-state index in [-0.39, 0.29) is 23.3 Å². The van der Waals surface area contributed by atoms with Gasteiger partial charge >= 0.3 is 0 Å². The molecule has 1 aromatic rings. The monoisotopic (exact) mass is 301 g/mol. The Balaban J connectivity index is 1.63. The molecule has 22 heavy (non-hydrogen) atoms. The third-order valence-electron chi connectivity index (χ3n) is 5.17. The van der Waals surface area contributed by atoms with Gasteiger partial charge in [0.25, 0.3) is 0 Å². The predicted octanol–water partition coefficient (Wildman–Crippen LogP) is 2.86. The Morgan fingerprint density at radius 3 is 2.86 bits per heavy atom. The fourth-order valence-corrected chi connectivity index (χ4v) is 3.84. The van der Waals surface area contributed by atoms with Gasteiger partial charge in [-0.15, -0.1) is 0 Å². The molecule has 3 atom stereocenters. The number of amides is 1. The third-order valence-corrected chi connectivity index (χ3v) is 5.17. The van der Waals surface area contributed by atoms with Crippen molar-refractivity contribution in [1.82, 2.24) is 14.9 Å². The van der Waals surface area contributed by atoms with Gasteiger partial charge < -0.3 is 9.88 Å². The lowest BCUT2D eigenvalue weighted by Crippen LogP contribution is -2.42. The van der Waals surface area contributed by atoms with Gasteiger partial charge in [0, 0.05) is 25.2 Å². The number of rotatable bonds is 3.